The molecule has 0 amide bonds. The number of carboxylic acids is 1. The molecule has 1 atom stereocenters. The lowest BCUT2D eigenvalue weighted by atomic mass is 10.0. The number of nitrogens with zero attached hydrogens (tertiary/aromatic N) is 1. The minimum absolute atomic E-state index is 0.494. The molecule has 0 radical (unpaired) electrons. The summed E-state index contributed by atoms with van der Waals surface area (Å²) >= 11 is 0. The summed E-state index contributed by atoms with van der Waals surface area (Å²) < 4.78 is 0. The van der Waals surface area contributed by atoms with Crippen molar-refractivity contribution in [2.75, 3.05) is 5.32 Å². The van der Waals surface area contributed by atoms with Crippen molar-refractivity contribution < 1.29 is 9.90 Å². The number of nitrogens with one attached hydrogen (secondary N) is 1. The van der Waals surface area contributed by atoms with E-state index in [2.05, 4.69) is 10.3 Å². The largest absolute Gasteiger partial charge is 0.481 e. The number of rotatable bonds is 4. The summed E-state index contributed by atoms with van der Waals surface area (Å²) in [6.45, 7) is 3.68. The van der Waals surface area contributed by atoms with Gasteiger partial charge >= 0.3 is 5.97 Å². The molecule has 98 valence electrons. The quantitative estimate of drug-likeness (QED) is 0.880. The van der Waals surface area contributed by atoms with Crippen LogP contribution in [-0.2, 0) is 4.79 Å². The molecule has 0 aliphatic rings. The summed E-state index contributed by atoms with van der Waals surface area (Å²) in [4.78, 5) is 15.1. The van der Waals surface area contributed by atoms with Crippen LogP contribution in [0.25, 0.3) is 0 Å². The zero-order valence-corrected chi connectivity index (χ0v) is 10.9. The van der Waals surface area contributed by atoms with Crippen LogP contribution in [0.2, 0.25) is 0 Å². The normalized spacial score (nSPS) is 11.9. The number of pyridine rings is 1. The van der Waals surface area contributed by atoms with E-state index in [0.29, 0.717) is 0 Å². The highest BCUT2D eigenvalue weighted by Gasteiger charge is 2.12. The number of aliphatic carboxylic acids is 1. The van der Waals surface area contributed by atoms with Gasteiger partial charge < -0.3 is 10.4 Å². The van der Waals surface area contributed by atoms with Crippen molar-refractivity contribution >= 4 is 17.5 Å². The van der Waals surface area contributed by atoms with Crippen LogP contribution >= 0.6 is 0 Å². The van der Waals surface area contributed by atoms with E-state index in [1.807, 2.05) is 43.3 Å². The molecule has 2 N–H and O–H groups in total. The third kappa shape index (κ3) is 3.31. The van der Waals surface area contributed by atoms with Crippen LogP contribution in [0.1, 0.15) is 24.0 Å². The van der Waals surface area contributed by atoms with E-state index < -0.39 is 11.9 Å². The highest BCUT2D eigenvalue weighted by molar-refractivity contribution is 5.75. The second kappa shape index (κ2) is 5.52. The topological polar surface area (TPSA) is 62.2 Å². The van der Waals surface area contributed by atoms with Gasteiger partial charge in [-0.05, 0) is 49.2 Å². The molecule has 1 aromatic carbocycles. The Morgan fingerprint density at radius 2 is 1.95 bits per heavy atom. The minimum atomic E-state index is -0.818. The summed E-state index contributed by atoms with van der Waals surface area (Å²) in [5.41, 5.74) is 2.81. The number of aromatic nitrogens is 1. The predicted octanol–water partition coefficient (Wildman–Crippen LogP) is 3.32. The molecule has 1 heterocycles. The smallest absolute Gasteiger partial charge is 0.310 e. The maximum atomic E-state index is 10.9. The van der Waals surface area contributed by atoms with E-state index in [-0.39, 0.29) is 0 Å². The number of benzene rings is 1. The molecule has 0 saturated carbocycles. The number of hydrogen-bond donors (Lipinski definition) is 2. The van der Waals surface area contributed by atoms with Crippen molar-refractivity contribution in [2.45, 2.75) is 19.8 Å². The molecular formula is C15H16N2O2. The molecule has 0 saturated heterocycles. The summed E-state index contributed by atoms with van der Waals surface area (Å²) in [6, 6.07) is 11.2. The molecule has 19 heavy (non-hydrogen) atoms. The molecule has 0 fully saturated rings. The Morgan fingerprint density at radius 3 is 2.53 bits per heavy atom. The Kier molecular flexibility index (Phi) is 3.80. The number of aryl methyl sites for hydroxylation is 1. The highest BCUT2D eigenvalue weighted by Crippen LogP contribution is 2.20. The van der Waals surface area contributed by atoms with Gasteiger partial charge in [0.15, 0.2) is 0 Å². The molecule has 0 aliphatic carbocycles. The first-order valence-electron chi connectivity index (χ1n) is 6.08. The van der Waals surface area contributed by atoms with E-state index in [4.69, 9.17) is 5.11 Å². The monoisotopic (exact) mass is 256 g/mol. The number of hydrogen-bond acceptors (Lipinski definition) is 3. The summed E-state index contributed by atoms with van der Waals surface area (Å²) in [6.07, 6.45) is 1.75. The molecule has 0 spiro atoms. The fourth-order valence-electron chi connectivity index (χ4n) is 1.75. The molecule has 0 aliphatic heterocycles. The van der Waals surface area contributed by atoms with Gasteiger partial charge in [0.05, 0.1) is 5.92 Å². The van der Waals surface area contributed by atoms with Gasteiger partial charge in [-0.2, -0.15) is 0 Å². The Balaban J connectivity index is 2.13. The summed E-state index contributed by atoms with van der Waals surface area (Å²) in [5, 5.41) is 12.1. The molecule has 1 aromatic heterocycles. The lowest BCUT2D eigenvalue weighted by molar-refractivity contribution is -0.138. The van der Waals surface area contributed by atoms with Gasteiger partial charge in [0.1, 0.15) is 5.82 Å². The first-order valence-corrected chi connectivity index (χ1v) is 6.08. The van der Waals surface area contributed by atoms with Crippen molar-refractivity contribution in [1.82, 2.24) is 4.98 Å². The van der Waals surface area contributed by atoms with Crippen LogP contribution in [-0.4, -0.2) is 16.1 Å². The zero-order valence-electron chi connectivity index (χ0n) is 10.9. The predicted molar refractivity (Wildman–Crippen MR) is 74.7 cm³/mol. The van der Waals surface area contributed by atoms with Gasteiger partial charge in [0, 0.05) is 11.9 Å². The first-order chi connectivity index (χ1) is 9.06. The van der Waals surface area contributed by atoms with Crippen molar-refractivity contribution in [3.63, 3.8) is 0 Å². The van der Waals surface area contributed by atoms with Crippen LogP contribution < -0.4 is 5.32 Å². The van der Waals surface area contributed by atoms with Gasteiger partial charge in [-0.15, -0.1) is 0 Å². The van der Waals surface area contributed by atoms with Crippen LogP contribution in [0, 0.1) is 6.92 Å². The molecular weight excluding hydrogens is 240 g/mol. The van der Waals surface area contributed by atoms with Gasteiger partial charge in [-0.1, -0.05) is 12.1 Å². The van der Waals surface area contributed by atoms with E-state index in [9.17, 15) is 4.79 Å². The Bertz CT molecular complexity index is 579. The second-order valence-corrected chi connectivity index (χ2v) is 4.53. The zero-order chi connectivity index (χ0) is 13.8. The van der Waals surface area contributed by atoms with Gasteiger partial charge in [0.25, 0.3) is 0 Å². The molecule has 4 heteroatoms. The fourth-order valence-corrected chi connectivity index (χ4v) is 1.75. The van der Waals surface area contributed by atoms with Crippen molar-refractivity contribution in [3.8, 4) is 0 Å². The maximum Gasteiger partial charge on any atom is 0.310 e. The molecule has 2 rings (SSSR count). The van der Waals surface area contributed by atoms with E-state index in [0.717, 1.165) is 22.6 Å². The SMILES string of the molecule is Cc1ccnc(Nc2ccc([C@@H](C)C(=O)O)cc2)c1. The maximum absolute atomic E-state index is 10.9. The lowest BCUT2D eigenvalue weighted by Gasteiger charge is -2.09. The van der Waals surface area contributed by atoms with Crippen LogP contribution in [0.5, 0.6) is 0 Å². The number of carboxylic acid groups (broad SMARTS) is 1. The molecule has 0 unspecified atom stereocenters. The Morgan fingerprint density at radius 1 is 1.26 bits per heavy atom. The van der Waals surface area contributed by atoms with Crippen LogP contribution in [0.3, 0.4) is 0 Å². The standard InChI is InChI=1S/C15H16N2O2/c1-10-7-8-16-14(9-10)17-13-5-3-12(4-6-13)11(2)15(18)19/h3-9,11H,1-2H3,(H,16,17)(H,18,19)/t11-/m1/s1. The van der Waals surface area contributed by atoms with E-state index >= 15 is 0 Å². The highest BCUT2D eigenvalue weighted by atomic mass is 16.4. The van der Waals surface area contributed by atoms with Crippen molar-refractivity contribution in [1.29, 1.82) is 0 Å². The lowest BCUT2D eigenvalue weighted by Crippen LogP contribution is -2.07. The van der Waals surface area contributed by atoms with Crippen LogP contribution in [0.15, 0.2) is 42.6 Å². The second-order valence-electron chi connectivity index (χ2n) is 4.53. The summed E-state index contributed by atoms with van der Waals surface area (Å²) in [5.74, 6) is -0.536. The van der Waals surface area contributed by atoms with E-state index in [1.54, 1.807) is 13.1 Å². The Labute approximate surface area is 112 Å². The Hall–Kier alpha value is -2.36. The first kappa shape index (κ1) is 13.1. The van der Waals surface area contributed by atoms with E-state index in [1.165, 1.54) is 0 Å². The van der Waals surface area contributed by atoms with Crippen LogP contribution in [0.4, 0.5) is 11.5 Å². The van der Waals surface area contributed by atoms with Crippen molar-refractivity contribution in [3.05, 3.63) is 53.7 Å². The number of anilines is 2. The van der Waals surface area contributed by atoms with Gasteiger partial charge in [-0.25, -0.2) is 4.98 Å². The average molecular weight is 256 g/mol. The van der Waals surface area contributed by atoms with Gasteiger partial charge in [0.2, 0.25) is 0 Å². The minimum Gasteiger partial charge on any atom is -0.481 e. The molecule has 0 bridgehead atoms. The molecule has 4 nitrogen and oxygen atoms in total. The third-order valence-corrected chi connectivity index (χ3v) is 2.97. The number of carbonyl (C=O) groups is 1. The summed E-state index contributed by atoms with van der Waals surface area (Å²) in [7, 11) is 0. The van der Waals surface area contributed by atoms with Crippen molar-refractivity contribution in [2.24, 2.45) is 0 Å². The average Bonchev–Trinajstić information content (AvgIpc) is 2.39. The fraction of sp³-hybridized carbons (Fsp3) is 0.200. The third-order valence-electron chi connectivity index (χ3n) is 2.97. The van der Waals surface area contributed by atoms with Gasteiger partial charge in [-0.3, -0.25) is 4.79 Å². The molecule has 2 aromatic rings.